The van der Waals surface area contributed by atoms with Crippen LogP contribution >= 0.6 is 0 Å². The lowest BCUT2D eigenvalue weighted by molar-refractivity contribution is 0.00413. The van der Waals surface area contributed by atoms with Crippen LogP contribution in [-0.4, -0.2) is 28.7 Å². The lowest BCUT2D eigenvalue weighted by atomic mass is 9.85. The molecule has 1 aliphatic rings. The molecule has 0 aromatic heterocycles. The Morgan fingerprint density at radius 1 is 1.11 bits per heavy atom. The van der Waals surface area contributed by atoms with Gasteiger partial charge in [-0.25, -0.2) is 0 Å². The third-order valence-electron chi connectivity index (χ3n) is 4.66. The van der Waals surface area contributed by atoms with Crippen molar-refractivity contribution in [3.8, 4) is 0 Å². The highest BCUT2D eigenvalue weighted by Gasteiger charge is 2.34. The average molecular weight is 261 g/mol. The molecule has 1 atom stereocenters. The van der Waals surface area contributed by atoms with Crippen molar-refractivity contribution in [2.45, 2.75) is 57.5 Å². The maximum Gasteiger partial charge on any atom is 0.0615 e. The van der Waals surface area contributed by atoms with E-state index in [1.54, 1.807) is 0 Å². The molecule has 106 valence electrons. The minimum absolute atomic E-state index is 0.00371. The molecular weight excluding hydrogens is 234 g/mol. The molecule has 0 radical (unpaired) electrons. The fourth-order valence-corrected chi connectivity index (χ4v) is 3.25. The second kappa shape index (κ2) is 7.06. The van der Waals surface area contributed by atoms with Crippen molar-refractivity contribution < 1.29 is 5.11 Å². The van der Waals surface area contributed by atoms with Crippen LogP contribution in [0.4, 0.5) is 0 Å². The summed E-state index contributed by atoms with van der Waals surface area (Å²) in [6.45, 7) is 4.59. The van der Waals surface area contributed by atoms with Gasteiger partial charge in [0.2, 0.25) is 0 Å². The summed E-state index contributed by atoms with van der Waals surface area (Å²) in [5.74, 6) is 0. The predicted molar refractivity (Wildman–Crippen MR) is 80.0 cm³/mol. The van der Waals surface area contributed by atoms with Crippen LogP contribution in [0.15, 0.2) is 30.3 Å². The molecule has 0 aliphatic carbocycles. The maximum absolute atomic E-state index is 9.97. The Hall–Kier alpha value is -0.860. The number of nitrogens with zero attached hydrogens (tertiary/aromatic N) is 1. The van der Waals surface area contributed by atoms with Crippen LogP contribution in [0.3, 0.4) is 0 Å². The van der Waals surface area contributed by atoms with Crippen LogP contribution < -0.4 is 0 Å². The van der Waals surface area contributed by atoms with E-state index in [4.69, 9.17) is 0 Å². The number of hydrogen-bond donors (Lipinski definition) is 1. The minimum atomic E-state index is -0.00371. The Balaban J connectivity index is 2.15. The lowest BCUT2D eigenvalue weighted by Gasteiger charge is -2.44. The smallest absolute Gasteiger partial charge is 0.0615 e. The normalized spacial score (nSPS) is 25.8. The van der Waals surface area contributed by atoms with Gasteiger partial charge in [-0.15, -0.1) is 0 Å². The molecule has 1 saturated heterocycles. The van der Waals surface area contributed by atoms with E-state index in [1.165, 1.54) is 31.2 Å². The molecule has 0 saturated carbocycles. The van der Waals surface area contributed by atoms with Crippen molar-refractivity contribution in [3.63, 3.8) is 0 Å². The van der Waals surface area contributed by atoms with Crippen LogP contribution in [-0.2, 0) is 6.54 Å². The van der Waals surface area contributed by atoms with Gasteiger partial charge in [0.05, 0.1) is 6.61 Å². The van der Waals surface area contributed by atoms with Crippen LogP contribution in [0.25, 0.3) is 0 Å². The highest BCUT2D eigenvalue weighted by Crippen LogP contribution is 2.30. The molecule has 1 heterocycles. The van der Waals surface area contributed by atoms with Crippen molar-refractivity contribution in [3.05, 3.63) is 35.9 Å². The number of aliphatic hydroxyl groups excluding tert-OH is 1. The van der Waals surface area contributed by atoms with E-state index in [1.807, 2.05) is 0 Å². The molecule has 0 amide bonds. The monoisotopic (exact) mass is 261 g/mol. The van der Waals surface area contributed by atoms with E-state index < -0.39 is 0 Å². The first kappa shape index (κ1) is 14.5. The molecule has 1 fully saturated rings. The highest BCUT2D eigenvalue weighted by molar-refractivity contribution is 5.15. The number of rotatable bonds is 4. The zero-order valence-electron chi connectivity index (χ0n) is 12.1. The minimum Gasteiger partial charge on any atom is -0.394 e. The van der Waals surface area contributed by atoms with Crippen LogP contribution in [0.2, 0.25) is 0 Å². The van der Waals surface area contributed by atoms with Gasteiger partial charge in [-0.2, -0.15) is 0 Å². The van der Waals surface area contributed by atoms with E-state index in [0.717, 1.165) is 25.9 Å². The molecule has 1 aromatic rings. The standard InChI is InChI=1S/C17H27NO/c1-2-17(15-19)12-8-3-4-9-13-18(17)14-16-10-6-5-7-11-16/h5-7,10-11,19H,2-4,8-9,12-15H2,1H3. The highest BCUT2D eigenvalue weighted by atomic mass is 16.3. The Labute approximate surface area is 117 Å². The largest absolute Gasteiger partial charge is 0.394 e. The summed E-state index contributed by atoms with van der Waals surface area (Å²) in [5, 5.41) is 9.97. The molecule has 2 nitrogen and oxygen atoms in total. The van der Waals surface area contributed by atoms with Gasteiger partial charge in [0.1, 0.15) is 0 Å². The lowest BCUT2D eigenvalue weighted by Crippen LogP contribution is -2.51. The molecule has 0 spiro atoms. The van der Waals surface area contributed by atoms with Crippen molar-refractivity contribution in [2.24, 2.45) is 0 Å². The zero-order chi connectivity index (χ0) is 13.6. The van der Waals surface area contributed by atoms with E-state index in [9.17, 15) is 5.11 Å². The van der Waals surface area contributed by atoms with E-state index in [-0.39, 0.29) is 12.1 Å². The molecule has 2 rings (SSSR count). The third kappa shape index (κ3) is 3.58. The van der Waals surface area contributed by atoms with Gasteiger partial charge in [-0.3, -0.25) is 4.90 Å². The van der Waals surface area contributed by atoms with E-state index >= 15 is 0 Å². The SMILES string of the molecule is CCC1(CO)CCCCCCN1Cc1ccccc1. The molecule has 1 unspecified atom stereocenters. The van der Waals surface area contributed by atoms with Crippen molar-refractivity contribution in [1.82, 2.24) is 4.90 Å². The Morgan fingerprint density at radius 3 is 2.53 bits per heavy atom. The van der Waals surface area contributed by atoms with Crippen LogP contribution in [0, 0.1) is 0 Å². The summed E-state index contributed by atoms with van der Waals surface area (Å²) in [4.78, 5) is 2.53. The number of likely N-dealkylation sites (tertiary alicyclic amines) is 1. The first-order valence-electron chi connectivity index (χ1n) is 7.70. The zero-order valence-corrected chi connectivity index (χ0v) is 12.1. The van der Waals surface area contributed by atoms with Crippen LogP contribution in [0.1, 0.15) is 51.0 Å². The topological polar surface area (TPSA) is 23.5 Å². The first-order valence-corrected chi connectivity index (χ1v) is 7.70. The first-order chi connectivity index (χ1) is 9.30. The summed E-state index contributed by atoms with van der Waals surface area (Å²) in [5.41, 5.74) is 1.35. The maximum atomic E-state index is 9.97. The Morgan fingerprint density at radius 2 is 1.84 bits per heavy atom. The quantitative estimate of drug-likeness (QED) is 0.895. The number of aliphatic hydroxyl groups is 1. The number of hydrogen-bond acceptors (Lipinski definition) is 2. The van der Waals surface area contributed by atoms with Gasteiger partial charge in [-0.05, 0) is 31.4 Å². The molecular formula is C17H27NO. The fourth-order valence-electron chi connectivity index (χ4n) is 3.25. The second-order valence-corrected chi connectivity index (χ2v) is 5.81. The molecule has 19 heavy (non-hydrogen) atoms. The molecule has 0 bridgehead atoms. The van der Waals surface area contributed by atoms with Crippen molar-refractivity contribution in [2.75, 3.05) is 13.2 Å². The molecule has 1 aliphatic heterocycles. The summed E-state index contributed by atoms with van der Waals surface area (Å²) in [6.07, 6.45) is 7.33. The van der Waals surface area contributed by atoms with Crippen LogP contribution in [0.5, 0.6) is 0 Å². The van der Waals surface area contributed by atoms with Gasteiger partial charge in [0, 0.05) is 12.1 Å². The van der Waals surface area contributed by atoms with Gasteiger partial charge in [0.25, 0.3) is 0 Å². The predicted octanol–water partition coefficient (Wildman–Crippen LogP) is 3.59. The molecule has 2 heteroatoms. The van der Waals surface area contributed by atoms with Gasteiger partial charge < -0.3 is 5.11 Å². The average Bonchev–Trinajstić information content (AvgIpc) is 2.44. The molecule has 1 N–H and O–H groups in total. The van der Waals surface area contributed by atoms with Crippen molar-refractivity contribution >= 4 is 0 Å². The summed E-state index contributed by atoms with van der Waals surface area (Å²) in [6, 6.07) is 10.7. The van der Waals surface area contributed by atoms with Gasteiger partial charge in [0.15, 0.2) is 0 Å². The van der Waals surface area contributed by atoms with E-state index in [2.05, 4.69) is 42.2 Å². The fraction of sp³-hybridized carbons (Fsp3) is 0.647. The summed E-state index contributed by atoms with van der Waals surface area (Å²) >= 11 is 0. The van der Waals surface area contributed by atoms with Gasteiger partial charge >= 0.3 is 0 Å². The Bertz CT molecular complexity index is 359. The van der Waals surface area contributed by atoms with E-state index in [0.29, 0.717) is 0 Å². The Kier molecular flexibility index (Phi) is 5.41. The van der Waals surface area contributed by atoms with Crippen molar-refractivity contribution in [1.29, 1.82) is 0 Å². The molecule has 1 aromatic carbocycles. The van der Waals surface area contributed by atoms with Gasteiger partial charge in [-0.1, -0.05) is 56.5 Å². The second-order valence-electron chi connectivity index (χ2n) is 5.81. The summed E-state index contributed by atoms with van der Waals surface area (Å²) < 4.78 is 0. The third-order valence-corrected chi connectivity index (χ3v) is 4.66. The summed E-state index contributed by atoms with van der Waals surface area (Å²) in [7, 11) is 0. The number of benzene rings is 1.